The lowest BCUT2D eigenvalue weighted by Crippen LogP contribution is -2.46. The van der Waals surface area contributed by atoms with Gasteiger partial charge in [0, 0.05) is 16.8 Å². The highest BCUT2D eigenvalue weighted by Crippen LogP contribution is 2.46. The SMILES string of the molecule is COc1ccc(C(=O)[C@H]2[C@H]3C(=O)N(c4ccc(Cl)cc4)C(=O)[C@H]3[C@H]3C=CC=NN32)cc1. The third-order valence-electron chi connectivity index (χ3n) is 6.02. The van der Waals surface area contributed by atoms with Crippen molar-refractivity contribution in [1.29, 1.82) is 0 Å². The Morgan fingerprint density at radius 1 is 1.00 bits per heavy atom. The van der Waals surface area contributed by atoms with E-state index in [2.05, 4.69) is 5.10 Å². The van der Waals surface area contributed by atoms with Crippen LogP contribution in [0.25, 0.3) is 0 Å². The molecule has 0 saturated carbocycles. The van der Waals surface area contributed by atoms with Gasteiger partial charge >= 0.3 is 0 Å². The van der Waals surface area contributed by atoms with Gasteiger partial charge in [0.05, 0.1) is 30.7 Å². The van der Waals surface area contributed by atoms with Gasteiger partial charge in [0.15, 0.2) is 5.78 Å². The molecule has 0 unspecified atom stereocenters. The quantitative estimate of drug-likeness (QED) is 0.545. The summed E-state index contributed by atoms with van der Waals surface area (Å²) in [4.78, 5) is 41.5. The Bertz CT molecular complexity index is 1130. The van der Waals surface area contributed by atoms with Crippen molar-refractivity contribution in [3.8, 4) is 5.75 Å². The smallest absolute Gasteiger partial charge is 0.240 e. The molecule has 0 bridgehead atoms. The number of halogens is 1. The maximum atomic E-state index is 13.5. The number of ketones is 1. The van der Waals surface area contributed by atoms with Gasteiger partial charge in [0.1, 0.15) is 11.8 Å². The Hall–Kier alpha value is -3.45. The van der Waals surface area contributed by atoms with Gasteiger partial charge in [0.25, 0.3) is 0 Å². The van der Waals surface area contributed by atoms with Gasteiger partial charge < -0.3 is 4.74 Å². The normalized spacial score (nSPS) is 26.3. The second-order valence-electron chi connectivity index (χ2n) is 7.60. The number of amides is 2. The fourth-order valence-corrected chi connectivity index (χ4v) is 4.73. The largest absolute Gasteiger partial charge is 0.497 e. The first kappa shape index (κ1) is 19.5. The van der Waals surface area contributed by atoms with Crippen LogP contribution < -0.4 is 9.64 Å². The summed E-state index contributed by atoms with van der Waals surface area (Å²) in [6, 6.07) is 11.9. The predicted octanol–water partition coefficient (Wildman–Crippen LogP) is 2.95. The summed E-state index contributed by atoms with van der Waals surface area (Å²) in [5, 5.41) is 6.45. The maximum absolute atomic E-state index is 13.5. The fraction of sp³-hybridized carbons (Fsp3) is 0.217. The van der Waals surface area contributed by atoms with Crippen LogP contribution in [0.1, 0.15) is 10.4 Å². The van der Waals surface area contributed by atoms with Crippen LogP contribution >= 0.6 is 11.6 Å². The highest BCUT2D eigenvalue weighted by molar-refractivity contribution is 6.31. The van der Waals surface area contributed by atoms with Crippen molar-refractivity contribution in [3.63, 3.8) is 0 Å². The van der Waals surface area contributed by atoms with E-state index in [9.17, 15) is 14.4 Å². The molecule has 2 aromatic rings. The molecule has 2 amide bonds. The first-order chi connectivity index (χ1) is 15.0. The summed E-state index contributed by atoms with van der Waals surface area (Å²) in [6.45, 7) is 0. The second-order valence-corrected chi connectivity index (χ2v) is 8.03. The summed E-state index contributed by atoms with van der Waals surface area (Å²) in [5.74, 6) is -1.89. The Kier molecular flexibility index (Phi) is 4.63. The van der Waals surface area contributed by atoms with E-state index in [1.54, 1.807) is 72.9 Å². The number of imide groups is 1. The molecule has 0 aromatic heterocycles. The zero-order chi connectivity index (χ0) is 21.7. The summed E-state index contributed by atoms with van der Waals surface area (Å²) in [6.07, 6.45) is 5.13. The van der Waals surface area contributed by atoms with Gasteiger partial charge in [-0.05, 0) is 54.6 Å². The zero-order valence-electron chi connectivity index (χ0n) is 16.5. The highest BCUT2D eigenvalue weighted by Gasteiger charge is 2.64. The number of rotatable bonds is 4. The van der Waals surface area contributed by atoms with E-state index in [1.807, 2.05) is 6.08 Å². The third kappa shape index (κ3) is 2.96. The van der Waals surface area contributed by atoms with Crippen LogP contribution in [0.15, 0.2) is 65.8 Å². The van der Waals surface area contributed by atoms with E-state index in [0.29, 0.717) is 22.0 Å². The van der Waals surface area contributed by atoms with Crippen molar-refractivity contribution in [3.05, 3.63) is 71.3 Å². The first-order valence-corrected chi connectivity index (χ1v) is 10.2. The number of fused-ring (bicyclic) bond motifs is 3. The number of nitrogens with zero attached hydrogens (tertiary/aromatic N) is 3. The number of carbonyl (C=O) groups is 3. The maximum Gasteiger partial charge on any atom is 0.240 e. The number of Topliss-reactive ketones (excluding diaryl/α,β-unsaturated/α-hetero) is 1. The molecule has 3 aliphatic heterocycles. The number of benzene rings is 2. The number of anilines is 1. The molecule has 4 atom stereocenters. The topological polar surface area (TPSA) is 79.3 Å². The van der Waals surface area contributed by atoms with Gasteiger partial charge in [-0.3, -0.25) is 19.4 Å². The minimum absolute atomic E-state index is 0.258. The first-order valence-electron chi connectivity index (χ1n) is 9.82. The number of allylic oxidation sites excluding steroid dienone is 1. The molecule has 5 rings (SSSR count). The van der Waals surface area contributed by atoms with Crippen LogP contribution in [-0.2, 0) is 9.59 Å². The van der Waals surface area contributed by atoms with Crippen LogP contribution in [0.5, 0.6) is 5.75 Å². The molecule has 0 radical (unpaired) electrons. The average molecular weight is 436 g/mol. The standard InChI is InChI=1S/C23H18ClN3O4/c1-31-16-10-4-13(5-11-16)21(28)20-19-18(17-3-2-12-25-27(17)20)22(29)26(23(19)30)15-8-6-14(24)7-9-15/h2-12,17-20H,1H3/t17-,18+,19+,20-/m1/s1. The minimum atomic E-state index is -0.877. The lowest BCUT2D eigenvalue weighted by atomic mass is 9.86. The Morgan fingerprint density at radius 3 is 2.35 bits per heavy atom. The van der Waals surface area contributed by atoms with Gasteiger partial charge in [0.2, 0.25) is 11.8 Å². The third-order valence-corrected chi connectivity index (χ3v) is 6.27. The Balaban J connectivity index is 1.55. The van der Waals surface area contributed by atoms with E-state index < -0.39 is 29.8 Å². The summed E-state index contributed by atoms with van der Waals surface area (Å²) in [7, 11) is 1.55. The summed E-state index contributed by atoms with van der Waals surface area (Å²) < 4.78 is 5.16. The summed E-state index contributed by atoms with van der Waals surface area (Å²) in [5.41, 5.74) is 0.874. The van der Waals surface area contributed by atoms with Crippen LogP contribution in [0.3, 0.4) is 0 Å². The number of hydrazone groups is 1. The minimum Gasteiger partial charge on any atom is -0.497 e. The Labute approximate surface area is 183 Å². The van der Waals surface area contributed by atoms with E-state index in [4.69, 9.17) is 16.3 Å². The molecule has 0 N–H and O–H groups in total. The molecule has 2 saturated heterocycles. The molecule has 0 spiro atoms. The number of carbonyl (C=O) groups excluding carboxylic acids is 3. The number of hydrogen-bond donors (Lipinski definition) is 0. The van der Waals surface area contributed by atoms with Crippen molar-refractivity contribution in [2.24, 2.45) is 16.9 Å². The number of hydrogen-bond acceptors (Lipinski definition) is 6. The molecule has 156 valence electrons. The zero-order valence-corrected chi connectivity index (χ0v) is 17.3. The molecule has 3 heterocycles. The molecule has 0 aliphatic carbocycles. The van der Waals surface area contributed by atoms with Crippen molar-refractivity contribution in [1.82, 2.24) is 5.01 Å². The average Bonchev–Trinajstić information content (AvgIpc) is 3.27. The Morgan fingerprint density at radius 2 is 1.68 bits per heavy atom. The fourth-order valence-electron chi connectivity index (χ4n) is 4.61. The van der Waals surface area contributed by atoms with Crippen molar-refractivity contribution in [2.45, 2.75) is 12.1 Å². The van der Waals surface area contributed by atoms with Crippen LogP contribution in [0.4, 0.5) is 5.69 Å². The van der Waals surface area contributed by atoms with Gasteiger partial charge in [-0.25, -0.2) is 4.90 Å². The molecule has 7 nitrogen and oxygen atoms in total. The second kappa shape index (κ2) is 7.35. The van der Waals surface area contributed by atoms with Crippen molar-refractivity contribution < 1.29 is 19.1 Å². The van der Waals surface area contributed by atoms with Gasteiger partial charge in [-0.2, -0.15) is 5.10 Å². The van der Waals surface area contributed by atoms with Crippen LogP contribution in [-0.4, -0.2) is 48.0 Å². The predicted molar refractivity (Wildman–Crippen MR) is 115 cm³/mol. The van der Waals surface area contributed by atoms with Gasteiger partial charge in [-0.15, -0.1) is 0 Å². The van der Waals surface area contributed by atoms with Crippen LogP contribution in [0.2, 0.25) is 5.02 Å². The van der Waals surface area contributed by atoms with Crippen molar-refractivity contribution in [2.75, 3.05) is 12.0 Å². The van der Waals surface area contributed by atoms with Crippen molar-refractivity contribution >= 4 is 41.1 Å². The molecule has 2 aromatic carbocycles. The van der Waals surface area contributed by atoms with E-state index >= 15 is 0 Å². The molecule has 3 aliphatic rings. The number of ether oxygens (including phenoxy) is 1. The van der Waals surface area contributed by atoms with Crippen LogP contribution in [0, 0.1) is 11.8 Å². The monoisotopic (exact) mass is 435 g/mol. The highest BCUT2D eigenvalue weighted by atomic mass is 35.5. The van der Waals surface area contributed by atoms with E-state index in [1.165, 1.54) is 4.90 Å². The van der Waals surface area contributed by atoms with E-state index in [-0.39, 0.29) is 11.7 Å². The molecular weight excluding hydrogens is 418 g/mol. The molecule has 2 fully saturated rings. The molecule has 31 heavy (non-hydrogen) atoms. The number of methoxy groups -OCH3 is 1. The van der Waals surface area contributed by atoms with E-state index in [0.717, 1.165) is 0 Å². The molecule has 8 heteroatoms. The lowest BCUT2D eigenvalue weighted by Gasteiger charge is -2.30. The summed E-state index contributed by atoms with van der Waals surface area (Å²) >= 11 is 5.96. The molecular formula is C23H18ClN3O4. The lowest BCUT2D eigenvalue weighted by molar-refractivity contribution is -0.123. The van der Waals surface area contributed by atoms with Gasteiger partial charge in [-0.1, -0.05) is 17.7 Å².